The van der Waals surface area contributed by atoms with E-state index in [1.54, 1.807) is 22.4 Å². The van der Waals surface area contributed by atoms with E-state index in [2.05, 4.69) is 25.0 Å². The summed E-state index contributed by atoms with van der Waals surface area (Å²) in [6.45, 7) is 1.75. The summed E-state index contributed by atoms with van der Waals surface area (Å²) >= 11 is 0. The molecule has 5 aromatic rings. The molecule has 346 valence electrons. The topological polar surface area (TPSA) is 197 Å². The van der Waals surface area contributed by atoms with Crippen molar-refractivity contribution in [2.24, 2.45) is 7.05 Å². The second kappa shape index (κ2) is 17.0. The summed E-state index contributed by atoms with van der Waals surface area (Å²) in [7, 11) is -2.48. The van der Waals surface area contributed by atoms with Gasteiger partial charge in [0.2, 0.25) is 5.91 Å². The lowest BCUT2D eigenvalue weighted by molar-refractivity contribution is -0.120. The Morgan fingerprint density at radius 2 is 1.74 bits per heavy atom. The fourth-order valence-electron chi connectivity index (χ4n) is 10.5. The van der Waals surface area contributed by atoms with Gasteiger partial charge < -0.3 is 14.4 Å². The number of nitriles is 1. The number of hydrogen-bond acceptors (Lipinski definition) is 11. The summed E-state index contributed by atoms with van der Waals surface area (Å²) in [5, 5.41) is 17.5. The van der Waals surface area contributed by atoms with Crippen LogP contribution in [0.2, 0.25) is 0 Å². The lowest BCUT2D eigenvalue weighted by Crippen LogP contribution is -2.49. The van der Waals surface area contributed by atoms with E-state index in [0.29, 0.717) is 41.4 Å². The molecule has 5 aliphatic rings. The molecule has 3 amide bonds. The Bertz CT molecular complexity index is 3000. The molecule has 1 aliphatic carbocycles. The lowest BCUT2D eigenvalue weighted by atomic mass is 9.79. The van der Waals surface area contributed by atoms with Gasteiger partial charge in [-0.2, -0.15) is 23.1 Å². The highest BCUT2D eigenvalue weighted by Gasteiger charge is 2.45. The van der Waals surface area contributed by atoms with Crippen LogP contribution >= 0.6 is 0 Å². The number of carbonyl (C=O) groups is 2. The van der Waals surface area contributed by atoms with Crippen LogP contribution in [-0.4, -0.2) is 106 Å². The van der Waals surface area contributed by atoms with Crippen molar-refractivity contribution in [2.75, 3.05) is 49.0 Å². The normalized spacial score (nSPS) is 24.0. The van der Waals surface area contributed by atoms with Crippen LogP contribution in [0.3, 0.4) is 0 Å². The molecule has 66 heavy (non-hydrogen) atoms. The SMILES string of the molecule is Cn1nc(N2CCC(=O)NC2=O)c2cc(F)c(C3CCC(N4CCC5(CC4)C[C@@H](n4cnc6ccc(Oc7c(F)ccc(NS(=O)(=O)N8CC[C@@H](F)C8)c7C#N)cc6c4=O)CO5)CC3)cc21. The molecule has 0 radical (unpaired) electrons. The number of hydrogen-bond donors (Lipinski definition) is 2. The number of likely N-dealkylation sites (tertiary alicyclic amines) is 1. The quantitative estimate of drug-likeness (QED) is 0.179. The van der Waals surface area contributed by atoms with Crippen LogP contribution in [-0.2, 0) is 26.8 Å². The number of halogens is 3. The predicted molar refractivity (Wildman–Crippen MR) is 235 cm³/mol. The maximum Gasteiger partial charge on any atom is 0.329 e. The van der Waals surface area contributed by atoms with Crippen molar-refractivity contribution in [1.82, 2.24) is 33.9 Å². The summed E-state index contributed by atoms with van der Waals surface area (Å²) in [5.41, 5.74) is 0.301. The van der Waals surface area contributed by atoms with Gasteiger partial charge in [0.15, 0.2) is 17.4 Å². The minimum absolute atomic E-state index is 0.0218. The summed E-state index contributed by atoms with van der Waals surface area (Å²) < 4.78 is 89.4. The number of carbonyl (C=O) groups excluding carboxylic acids is 2. The largest absolute Gasteiger partial charge is 0.453 e. The Labute approximate surface area is 377 Å². The number of anilines is 2. The Morgan fingerprint density at radius 3 is 2.47 bits per heavy atom. The zero-order valence-electron chi connectivity index (χ0n) is 36.0. The van der Waals surface area contributed by atoms with Gasteiger partial charge in [0.1, 0.15) is 29.4 Å². The average Bonchev–Trinajstić information content (AvgIpc) is 4.02. The maximum absolute atomic E-state index is 15.8. The van der Waals surface area contributed by atoms with Gasteiger partial charge in [-0.3, -0.25) is 33.8 Å². The molecule has 4 saturated heterocycles. The Morgan fingerprint density at radius 1 is 0.955 bits per heavy atom. The van der Waals surface area contributed by atoms with Crippen molar-refractivity contribution in [3.8, 4) is 17.6 Å². The number of urea groups is 1. The number of amides is 3. The zero-order valence-corrected chi connectivity index (χ0v) is 36.8. The highest BCUT2D eigenvalue weighted by molar-refractivity contribution is 7.90. The fraction of sp³-hybridized carbons (Fsp3) is 0.467. The molecule has 2 atom stereocenters. The highest BCUT2D eigenvalue weighted by atomic mass is 32.2. The minimum Gasteiger partial charge on any atom is -0.453 e. The first-order valence-electron chi connectivity index (χ1n) is 22.2. The molecule has 6 heterocycles. The summed E-state index contributed by atoms with van der Waals surface area (Å²) in [6.07, 6.45) is 6.02. The molecular formula is C45H47F3N10O7S. The van der Waals surface area contributed by atoms with E-state index in [0.717, 1.165) is 73.6 Å². The van der Waals surface area contributed by atoms with Crippen LogP contribution in [0.15, 0.2) is 53.6 Å². The molecule has 1 saturated carbocycles. The molecule has 4 aliphatic heterocycles. The van der Waals surface area contributed by atoms with E-state index >= 15 is 8.78 Å². The van der Waals surface area contributed by atoms with Gasteiger partial charge in [0, 0.05) is 57.6 Å². The van der Waals surface area contributed by atoms with Gasteiger partial charge in [-0.15, -0.1) is 0 Å². The first kappa shape index (κ1) is 43.8. The van der Waals surface area contributed by atoms with Crippen LogP contribution < -0.4 is 25.2 Å². The van der Waals surface area contributed by atoms with Crippen LogP contribution in [0.25, 0.3) is 21.8 Å². The van der Waals surface area contributed by atoms with Crippen molar-refractivity contribution < 1.29 is 40.7 Å². The summed E-state index contributed by atoms with van der Waals surface area (Å²) in [4.78, 5) is 46.7. The molecule has 2 aromatic heterocycles. The van der Waals surface area contributed by atoms with Gasteiger partial charge in [-0.05, 0) is 105 Å². The monoisotopic (exact) mass is 928 g/mol. The lowest BCUT2D eigenvalue weighted by Gasteiger charge is -2.44. The molecule has 21 heteroatoms. The van der Waals surface area contributed by atoms with E-state index in [9.17, 15) is 32.5 Å². The van der Waals surface area contributed by atoms with Gasteiger partial charge >= 0.3 is 16.2 Å². The number of imide groups is 1. The minimum atomic E-state index is -4.25. The molecule has 10 rings (SSSR count). The summed E-state index contributed by atoms with van der Waals surface area (Å²) in [5.74, 6) is -1.78. The Hall–Kier alpha value is -6.08. The number of aryl methyl sites for hydroxylation is 1. The number of benzene rings is 3. The number of nitrogens with zero attached hydrogens (tertiary/aromatic N) is 8. The predicted octanol–water partition coefficient (Wildman–Crippen LogP) is 5.89. The maximum atomic E-state index is 15.8. The average molecular weight is 929 g/mol. The second-order valence-electron chi connectivity index (χ2n) is 18.0. The molecule has 3 aromatic carbocycles. The van der Waals surface area contributed by atoms with Crippen LogP contribution in [0, 0.1) is 23.0 Å². The van der Waals surface area contributed by atoms with E-state index < -0.39 is 45.1 Å². The van der Waals surface area contributed by atoms with E-state index in [4.69, 9.17) is 9.47 Å². The number of alkyl halides is 1. The molecule has 5 fully saturated rings. The molecule has 17 nitrogen and oxygen atoms in total. The van der Waals surface area contributed by atoms with Crippen molar-refractivity contribution in [3.63, 3.8) is 0 Å². The zero-order chi connectivity index (χ0) is 46.1. The van der Waals surface area contributed by atoms with Crippen LogP contribution in [0.5, 0.6) is 11.5 Å². The number of nitrogens with one attached hydrogen (secondary N) is 2. The molecule has 2 N–H and O–H groups in total. The van der Waals surface area contributed by atoms with Crippen LogP contribution in [0.1, 0.15) is 80.9 Å². The number of ether oxygens (including phenoxy) is 2. The Kier molecular flexibility index (Phi) is 11.3. The first-order chi connectivity index (χ1) is 31.7. The second-order valence-corrected chi connectivity index (χ2v) is 19.7. The van der Waals surface area contributed by atoms with E-state index in [-0.39, 0.29) is 78.5 Å². The molecule has 1 spiro atoms. The number of rotatable bonds is 9. The standard InChI is InChI=1S/C45H47F3N10O7S/c1-54-39-20-31(36(48)19-33(39)42(52-54)57-15-11-40(59)51-44(57)61)26-2-4-28(5-3-26)55-16-12-45(13-17-55)21-29(24-64-45)58-25-50-37-8-6-30(18-32(37)43(58)60)65-41-34(22-49)38(9-7-35(41)47)53-66(62,63)56-14-10-27(46)23-56/h6-9,18-20,25-29,53H,2-5,10-17,21,23-24H2,1H3,(H,51,59,61)/t26?,27-,28?,29-/m1/s1. The van der Waals surface area contributed by atoms with Crippen LogP contribution in [0.4, 0.5) is 29.5 Å². The number of fused-ring (bicyclic) bond motifs is 2. The van der Waals surface area contributed by atoms with E-state index in [1.165, 1.54) is 29.4 Å². The van der Waals surface area contributed by atoms with Gasteiger partial charge in [0.05, 0.1) is 46.7 Å². The molecular weight excluding hydrogens is 882 g/mol. The first-order valence-corrected chi connectivity index (χ1v) is 23.6. The Balaban J connectivity index is 0.775. The third kappa shape index (κ3) is 8.02. The molecule has 0 unspecified atom stereocenters. The number of piperidine rings is 1. The number of aromatic nitrogens is 4. The third-order valence-corrected chi connectivity index (χ3v) is 15.6. The fourth-order valence-corrected chi connectivity index (χ4v) is 11.7. The third-order valence-electron chi connectivity index (χ3n) is 14.1. The summed E-state index contributed by atoms with van der Waals surface area (Å²) in [6, 6.07) is 11.1. The highest BCUT2D eigenvalue weighted by Crippen LogP contribution is 2.44. The van der Waals surface area contributed by atoms with Crippen molar-refractivity contribution in [3.05, 3.63) is 81.9 Å². The van der Waals surface area contributed by atoms with Crippen molar-refractivity contribution >= 4 is 55.5 Å². The smallest absolute Gasteiger partial charge is 0.329 e. The van der Waals surface area contributed by atoms with Gasteiger partial charge in [-0.1, -0.05) is 0 Å². The molecule has 0 bridgehead atoms. The van der Waals surface area contributed by atoms with E-state index in [1.807, 2.05) is 12.1 Å². The van der Waals surface area contributed by atoms with Gasteiger partial charge in [-0.25, -0.2) is 22.9 Å². The van der Waals surface area contributed by atoms with Gasteiger partial charge in [0.25, 0.3) is 5.56 Å². The van der Waals surface area contributed by atoms with Crippen molar-refractivity contribution in [2.45, 2.75) is 87.6 Å². The van der Waals surface area contributed by atoms with Crippen molar-refractivity contribution in [1.29, 1.82) is 5.26 Å².